The maximum absolute atomic E-state index is 5.34. The third-order valence-corrected chi connectivity index (χ3v) is 2.51. The molecular weight excluding hydrogens is 140 g/mol. The predicted molar refractivity (Wildman–Crippen MR) is 44.6 cm³/mol. The Balaban J connectivity index is 2.44. The first-order chi connectivity index (χ1) is 5.25. The zero-order valence-corrected chi connectivity index (χ0v) is 7.67. The van der Waals surface area contributed by atoms with Crippen molar-refractivity contribution in [2.24, 2.45) is 11.8 Å². The van der Waals surface area contributed by atoms with Crippen molar-refractivity contribution in [3.05, 3.63) is 0 Å². The summed E-state index contributed by atoms with van der Waals surface area (Å²) in [5.74, 6) is 1.40. The van der Waals surface area contributed by atoms with Gasteiger partial charge < -0.3 is 9.47 Å². The molecule has 1 aliphatic heterocycles. The molecular formula is C9H18O2. The van der Waals surface area contributed by atoms with Crippen molar-refractivity contribution < 1.29 is 9.47 Å². The van der Waals surface area contributed by atoms with Crippen LogP contribution >= 0.6 is 0 Å². The second-order valence-electron chi connectivity index (χ2n) is 3.55. The smallest absolute Gasteiger partial charge is 0.0836 e. The average Bonchev–Trinajstić information content (AvgIpc) is 2.04. The minimum Gasteiger partial charge on any atom is -0.379 e. The molecule has 1 rings (SSSR count). The molecule has 0 radical (unpaired) electrons. The molecule has 0 aromatic heterocycles. The Hall–Kier alpha value is -0.0800. The van der Waals surface area contributed by atoms with E-state index in [9.17, 15) is 0 Å². The third kappa shape index (κ3) is 2.17. The van der Waals surface area contributed by atoms with E-state index in [4.69, 9.17) is 9.47 Å². The summed E-state index contributed by atoms with van der Waals surface area (Å²) >= 11 is 0. The summed E-state index contributed by atoms with van der Waals surface area (Å²) in [5, 5.41) is 0. The Morgan fingerprint density at radius 1 is 1.45 bits per heavy atom. The van der Waals surface area contributed by atoms with E-state index in [1.807, 2.05) is 0 Å². The van der Waals surface area contributed by atoms with Gasteiger partial charge in [-0.05, 0) is 18.3 Å². The molecule has 1 heterocycles. The summed E-state index contributed by atoms with van der Waals surface area (Å²) in [4.78, 5) is 0. The van der Waals surface area contributed by atoms with Gasteiger partial charge in [0.25, 0.3) is 0 Å². The Kier molecular flexibility index (Phi) is 3.34. The summed E-state index contributed by atoms with van der Waals surface area (Å²) in [6.45, 7) is 6.19. The highest BCUT2D eigenvalue weighted by Gasteiger charge is 2.27. The van der Waals surface area contributed by atoms with Gasteiger partial charge in [-0.2, -0.15) is 0 Å². The SMILES string of the molecule is CO[C@@H]1COCCC1C(C)C. The Bertz CT molecular complexity index is 112. The Morgan fingerprint density at radius 2 is 2.18 bits per heavy atom. The van der Waals surface area contributed by atoms with Gasteiger partial charge in [-0.25, -0.2) is 0 Å². The van der Waals surface area contributed by atoms with Crippen LogP contribution in [-0.2, 0) is 9.47 Å². The summed E-state index contributed by atoms with van der Waals surface area (Å²) < 4.78 is 10.7. The van der Waals surface area contributed by atoms with E-state index in [0.717, 1.165) is 19.6 Å². The van der Waals surface area contributed by atoms with Crippen molar-refractivity contribution in [3.8, 4) is 0 Å². The second-order valence-corrected chi connectivity index (χ2v) is 3.55. The molecule has 2 atom stereocenters. The third-order valence-electron chi connectivity index (χ3n) is 2.51. The van der Waals surface area contributed by atoms with E-state index in [1.165, 1.54) is 0 Å². The zero-order chi connectivity index (χ0) is 8.27. The minimum absolute atomic E-state index is 0.323. The number of rotatable bonds is 2. The van der Waals surface area contributed by atoms with Crippen LogP contribution in [0.25, 0.3) is 0 Å². The summed E-state index contributed by atoms with van der Waals surface area (Å²) in [5.41, 5.74) is 0. The molecule has 0 aliphatic carbocycles. The topological polar surface area (TPSA) is 18.5 Å². The second kappa shape index (κ2) is 4.07. The van der Waals surface area contributed by atoms with Gasteiger partial charge in [-0.3, -0.25) is 0 Å². The summed E-state index contributed by atoms with van der Waals surface area (Å²) in [6.07, 6.45) is 1.47. The lowest BCUT2D eigenvalue weighted by atomic mass is 9.86. The molecule has 2 nitrogen and oxygen atoms in total. The van der Waals surface area contributed by atoms with Gasteiger partial charge in [0, 0.05) is 13.7 Å². The fourth-order valence-corrected chi connectivity index (χ4v) is 1.73. The van der Waals surface area contributed by atoms with Gasteiger partial charge in [0.05, 0.1) is 12.7 Å². The molecule has 11 heavy (non-hydrogen) atoms. The highest BCUT2D eigenvalue weighted by atomic mass is 16.5. The van der Waals surface area contributed by atoms with E-state index in [0.29, 0.717) is 17.9 Å². The van der Waals surface area contributed by atoms with Crippen molar-refractivity contribution in [2.45, 2.75) is 26.4 Å². The molecule has 0 saturated carbocycles. The summed E-state index contributed by atoms with van der Waals surface area (Å²) in [6, 6.07) is 0. The molecule has 2 heteroatoms. The highest BCUT2D eigenvalue weighted by Crippen LogP contribution is 2.25. The van der Waals surface area contributed by atoms with Crippen LogP contribution in [0.1, 0.15) is 20.3 Å². The molecule has 0 aromatic rings. The van der Waals surface area contributed by atoms with Gasteiger partial charge in [0.2, 0.25) is 0 Å². The molecule has 1 unspecified atom stereocenters. The lowest BCUT2D eigenvalue weighted by molar-refractivity contribution is -0.0775. The van der Waals surface area contributed by atoms with Crippen molar-refractivity contribution in [3.63, 3.8) is 0 Å². The first kappa shape index (κ1) is 9.01. The van der Waals surface area contributed by atoms with Crippen molar-refractivity contribution in [1.29, 1.82) is 0 Å². The van der Waals surface area contributed by atoms with E-state index in [1.54, 1.807) is 7.11 Å². The predicted octanol–water partition coefficient (Wildman–Crippen LogP) is 1.69. The van der Waals surface area contributed by atoms with Crippen LogP contribution in [0.4, 0.5) is 0 Å². The largest absolute Gasteiger partial charge is 0.379 e. The Labute approximate surface area is 68.9 Å². The van der Waals surface area contributed by atoms with Gasteiger partial charge >= 0.3 is 0 Å². The Morgan fingerprint density at radius 3 is 2.64 bits per heavy atom. The van der Waals surface area contributed by atoms with Gasteiger partial charge in [-0.1, -0.05) is 13.8 Å². The fourth-order valence-electron chi connectivity index (χ4n) is 1.73. The molecule has 1 fully saturated rings. The van der Waals surface area contributed by atoms with Crippen molar-refractivity contribution in [1.82, 2.24) is 0 Å². The first-order valence-electron chi connectivity index (χ1n) is 4.36. The lowest BCUT2D eigenvalue weighted by Gasteiger charge is -2.32. The lowest BCUT2D eigenvalue weighted by Crippen LogP contribution is -2.36. The van der Waals surface area contributed by atoms with Crippen LogP contribution < -0.4 is 0 Å². The van der Waals surface area contributed by atoms with Crippen LogP contribution in [0.2, 0.25) is 0 Å². The fraction of sp³-hybridized carbons (Fsp3) is 1.00. The number of hydrogen-bond donors (Lipinski definition) is 0. The molecule has 1 aliphatic rings. The standard InChI is InChI=1S/C9H18O2/c1-7(2)8-4-5-11-6-9(8)10-3/h7-9H,4-6H2,1-3H3/t8?,9-/m1/s1. The number of ether oxygens (including phenoxy) is 2. The zero-order valence-electron chi connectivity index (χ0n) is 7.67. The van der Waals surface area contributed by atoms with Crippen molar-refractivity contribution >= 4 is 0 Å². The van der Waals surface area contributed by atoms with Crippen LogP contribution in [0, 0.1) is 11.8 Å². The van der Waals surface area contributed by atoms with E-state index >= 15 is 0 Å². The van der Waals surface area contributed by atoms with Crippen LogP contribution in [0.3, 0.4) is 0 Å². The maximum Gasteiger partial charge on any atom is 0.0836 e. The van der Waals surface area contributed by atoms with E-state index in [2.05, 4.69) is 13.8 Å². The molecule has 1 saturated heterocycles. The molecule has 0 amide bonds. The molecule has 0 spiro atoms. The number of hydrogen-bond acceptors (Lipinski definition) is 2. The van der Waals surface area contributed by atoms with Crippen molar-refractivity contribution in [2.75, 3.05) is 20.3 Å². The molecule has 0 aromatic carbocycles. The molecule has 0 N–H and O–H groups in total. The normalized spacial score (nSPS) is 32.7. The van der Waals surface area contributed by atoms with Gasteiger partial charge in [-0.15, -0.1) is 0 Å². The van der Waals surface area contributed by atoms with E-state index in [-0.39, 0.29) is 0 Å². The average molecular weight is 158 g/mol. The van der Waals surface area contributed by atoms with Crippen LogP contribution in [0.15, 0.2) is 0 Å². The van der Waals surface area contributed by atoms with Crippen LogP contribution in [-0.4, -0.2) is 26.4 Å². The quantitative estimate of drug-likeness (QED) is 0.609. The number of methoxy groups -OCH3 is 1. The molecule has 66 valence electrons. The maximum atomic E-state index is 5.34. The van der Waals surface area contributed by atoms with E-state index < -0.39 is 0 Å². The van der Waals surface area contributed by atoms with Gasteiger partial charge in [0.1, 0.15) is 0 Å². The minimum atomic E-state index is 0.323. The molecule has 0 bridgehead atoms. The summed E-state index contributed by atoms with van der Waals surface area (Å²) in [7, 11) is 1.77. The highest BCUT2D eigenvalue weighted by molar-refractivity contribution is 4.76. The van der Waals surface area contributed by atoms with Gasteiger partial charge in [0.15, 0.2) is 0 Å². The first-order valence-corrected chi connectivity index (χ1v) is 4.36. The monoisotopic (exact) mass is 158 g/mol. The van der Waals surface area contributed by atoms with Crippen LogP contribution in [0.5, 0.6) is 0 Å².